The molecule has 5 aromatic heterocycles. The van der Waals surface area contributed by atoms with Gasteiger partial charge in [0.15, 0.2) is 0 Å². The summed E-state index contributed by atoms with van der Waals surface area (Å²) in [7, 11) is 0. The number of nitrogens with zero attached hydrogens (tertiary/aromatic N) is 8. The van der Waals surface area contributed by atoms with Crippen LogP contribution in [0.2, 0.25) is 5.02 Å². The van der Waals surface area contributed by atoms with Crippen molar-refractivity contribution in [3.05, 3.63) is 135 Å². The van der Waals surface area contributed by atoms with Gasteiger partial charge in [-0.05, 0) is 116 Å². The average Bonchev–Trinajstić information content (AvgIpc) is 3.61. The summed E-state index contributed by atoms with van der Waals surface area (Å²) < 4.78 is 13.0. The number of aromatic nitrogens is 6. The van der Waals surface area contributed by atoms with E-state index < -0.39 is 0 Å². The van der Waals surface area contributed by atoms with Gasteiger partial charge in [0, 0.05) is 61.4 Å². The third-order valence-electron chi connectivity index (χ3n) is 9.28. The molecule has 1 saturated heterocycles. The third-order valence-corrected chi connectivity index (χ3v) is 9.58. The molecule has 1 aliphatic rings. The van der Waals surface area contributed by atoms with E-state index in [-0.39, 0.29) is 11.7 Å². The molecule has 0 radical (unpaired) electrons. The van der Waals surface area contributed by atoms with Crippen molar-refractivity contribution in [2.75, 3.05) is 18.0 Å². The maximum Gasteiger partial charge on any atom is 0.146 e. The second-order valence-electron chi connectivity index (χ2n) is 17.0. The highest BCUT2D eigenvalue weighted by Crippen LogP contribution is 2.27. The maximum atomic E-state index is 13.0. The first-order valence-electron chi connectivity index (χ1n) is 20.8. The van der Waals surface area contributed by atoms with Gasteiger partial charge in [0.05, 0.1) is 22.0 Å². The molecule has 318 valence electrons. The van der Waals surface area contributed by atoms with Gasteiger partial charge in [0.2, 0.25) is 0 Å². The first-order chi connectivity index (χ1) is 27.7. The molecule has 0 N–H and O–H groups in total. The molecule has 1 atom stereocenters. The minimum absolute atomic E-state index is 0.163. The minimum atomic E-state index is -0.194. The molecule has 59 heavy (non-hydrogen) atoms. The fraction of sp³-hybridized carbons (Fsp3) is 0.490. The van der Waals surface area contributed by atoms with Crippen molar-refractivity contribution in [2.24, 2.45) is 5.92 Å². The Morgan fingerprint density at radius 2 is 1.17 bits per heavy atom. The van der Waals surface area contributed by atoms with E-state index in [0.717, 1.165) is 57.8 Å². The molecule has 5 aromatic rings. The van der Waals surface area contributed by atoms with Crippen molar-refractivity contribution in [3.8, 4) is 6.07 Å². The minimum Gasteiger partial charge on any atom is -0.355 e. The maximum absolute atomic E-state index is 13.0. The van der Waals surface area contributed by atoms with E-state index in [9.17, 15) is 4.39 Å². The monoisotopic (exact) mass is 823 g/mol. The van der Waals surface area contributed by atoms with Gasteiger partial charge in [-0.1, -0.05) is 93.8 Å². The largest absolute Gasteiger partial charge is 0.355 e. The molecule has 0 spiro atoms. The predicted molar refractivity (Wildman–Crippen MR) is 244 cm³/mol. The first kappa shape index (κ1) is 50.3. The van der Waals surface area contributed by atoms with Crippen molar-refractivity contribution in [3.63, 3.8) is 0 Å². The van der Waals surface area contributed by atoms with Crippen LogP contribution >= 0.6 is 11.6 Å². The Labute approximate surface area is 360 Å². The standard InChI is InChI=1S/C14H19N3.C9H12ClN.C9H12FN.C9H13N.C8H12N2/c1-10(2)13-5-4-12(8-15)14(16-13)17-7-6-11(3)9-17;2*1-6(2)9-8(10)4-7(3)5-11-9;1-7(2)9-5-4-8(3)6-10-9;1-6(2)8-9-4-7(3)5-10-8/h4-5,10-11H,6-7,9H2,1-3H3;2*4-6H,1-3H3;4-7H,1-3H3;4-6H,1-3H3. The second kappa shape index (κ2) is 25.0. The van der Waals surface area contributed by atoms with Crippen LogP contribution in [0.1, 0.15) is 169 Å². The van der Waals surface area contributed by atoms with Crippen molar-refractivity contribution >= 4 is 17.4 Å². The molecule has 1 aliphatic heterocycles. The molecule has 0 aromatic carbocycles. The van der Waals surface area contributed by atoms with E-state index in [1.165, 1.54) is 23.7 Å². The lowest BCUT2D eigenvalue weighted by molar-refractivity contribution is 0.583. The van der Waals surface area contributed by atoms with E-state index in [1.807, 2.05) is 77.6 Å². The predicted octanol–water partition coefficient (Wildman–Crippen LogP) is 13.2. The number of nitriles is 1. The zero-order chi connectivity index (χ0) is 44.4. The average molecular weight is 824 g/mol. The summed E-state index contributed by atoms with van der Waals surface area (Å²) in [6, 6.07) is 13.8. The van der Waals surface area contributed by atoms with Gasteiger partial charge in [-0.25, -0.2) is 19.3 Å². The lowest BCUT2D eigenvalue weighted by atomic mass is 10.1. The van der Waals surface area contributed by atoms with E-state index in [0.29, 0.717) is 40.8 Å². The molecule has 10 heteroatoms. The first-order valence-corrected chi connectivity index (χ1v) is 21.2. The van der Waals surface area contributed by atoms with Crippen LogP contribution in [-0.2, 0) is 0 Å². The number of hydrogen-bond acceptors (Lipinski definition) is 8. The second-order valence-corrected chi connectivity index (χ2v) is 17.4. The SMILES string of the molecule is CC1CCN(c2nc(C(C)C)ccc2C#N)C1.Cc1ccc(C(C)C)nc1.Cc1cnc(C(C)C)c(Cl)c1.Cc1cnc(C(C)C)c(F)c1.Cc1cnc(C(C)C)nc1. The van der Waals surface area contributed by atoms with Crippen LogP contribution < -0.4 is 4.90 Å². The van der Waals surface area contributed by atoms with Gasteiger partial charge in [-0.3, -0.25) is 15.0 Å². The zero-order valence-corrected chi connectivity index (χ0v) is 39.0. The Kier molecular flexibility index (Phi) is 21.3. The Morgan fingerprint density at radius 1 is 0.644 bits per heavy atom. The summed E-state index contributed by atoms with van der Waals surface area (Å²) in [5, 5.41) is 9.94. The van der Waals surface area contributed by atoms with Gasteiger partial charge in [-0.2, -0.15) is 5.26 Å². The Hall–Kier alpha value is -4.81. The lowest BCUT2D eigenvalue weighted by Gasteiger charge is -2.19. The van der Waals surface area contributed by atoms with Crippen LogP contribution in [0.3, 0.4) is 0 Å². The fourth-order valence-electron chi connectivity index (χ4n) is 5.70. The van der Waals surface area contributed by atoms with Gasteiger partial charge in [0.1, 0.15) is 23.5 Å². The fourth-order valence-corrected chi connectivity index (χ4v) is 6.14. The summed E-state index contributed by atoms with van der Waals surface area (Å²) in [5.74, 6) is 4.25. The van der Waals surface area contributed by atoms with Crippen LogP contribution in [0, 0.1) is 50.8 Å². The van der Waals surface area contributed by atoms with E-state index in [4.69, 9.17) is 16.9 Å². The Balaban J connectivity index is 0.000000259. The molecule has 0 saturated carbocycles. The number of halogens is 2. The van der Waals surface area contributed by atoms with E-state index in [2.05, 4.69) is 122 Å². The normalized spacial score (nSPS) is 13.2. The summed E-state index contributed by atoms with van der Waals surface area (Å²) in [5.41, 5.74) is 8.79. The van der Waals surface area contributed by atoms with Crippen molar-refractivity contribution in [2.45, 2.75) is 140 Å². The van der Waals surface area contributed by atoms with Gasteiger partial charge >= 0.3 is 0 Å². The van der Waals surface area contributed by atoms with Crippen molar-refractivity contribution in [1.82, 2.24) is 29.9 Å². The number of aryl methyl sites for hydroxylation is 4. The smallest absolute Gasteiger partial charge is 0.146 e. The summed E-state index contributed by atoms with van der Waals surface area (Å²) in [4.78, 5) is 27.8. The topological polar surface area (TPSA) is 104 Å². The van der Waals surface area contributed by atoms with Crippen LogP contribution in [-0.4, -0.2) is 43.0 Å². The van der Waals surface area contributed by atoms with Crippen LogP contribution in [0.25, 0.3) is 0 Å². The Morgan fingerprint density at radius 3 is 1.61 bits per heavy atom. The van der Waals surface area contributed by atoms with E-state index in [1.54, 1.807) is 6.20 Å². The summed E-state index contributed by atoms with van der Waals surface area (Å²) in [6.45, 7) is 32.9. The highest BCUT2D eigenvalue weighted by atomic mass is 35.5. The molecule has 1 unspecified atom stereocenters. The molecule has 6 heterocycles. The van der Waals surface area contributed by atoms with Gasteiger partial charge < -0.3 is 4.90 Å². The molecular formula is C49H68ClFN8. The summed E-state index contributed by atoms with van der Waals surface area (Å²) >= 11 is 5.96. The summed E-state index contributed by atoms with van der Waals surface area (Å²) in [6.07, 6.45) is 10.3. The molecule has 1 fully saturated rings. The van der Waals surface area contributed by atoms with Gasteiger partial charge in [-0.15, -0.1) is 0 Å². The molecule has 6 rings (SSSR count). The van der Waals surface area contributed by atoms with E-state index >= 15 is 0 Å². The number of pyridine rings is 4. The molecule has 0 bridgehead atoms. The quantitative estimate of drug-likeness (QED) is 0.167. The molecule has 8 nitrogen and oxygen atoms in total. The van der Waals surface area contributed by atoms with Crippen molar-refractivity contribution in [1.29, 1.82) is 5.26 Å². The number of hydrogen-bond donors (Lipinski definition) is 0. The zero-order valence-electron chi connectivity index (χ0n) is 38.3. The third kappa shape index (κ3) is 17.5. The Bertz CT molecular complexity index is 1930. The van der Waals surface area contributed by atoms with Gasteiger partial charge in [0.25, 0.3) is 0 Å². The highest BCUT2D eigenvalue weighted by molar-refractivity contribution is 6.31. The van der Waals surface area contributed by atoms with Crippen LogP contribution in [0.15, 0.2) is 67.4 Å². The number of rotatable bonds is 6. The van der Waals surface area contributed by atoms with Crippen molar-refractivity contribution < 1.29 is 4.39 Å². The van der Waals surface area contributed by atoms with Crippen LogP contribution in [0.4, 0.5) is 10.2 Å². The number of anilines is 1. The lowest BCUT2D eigenvalue weighted by Crippen LogP contribution is -2.22. The van der Waals surface area contributed by atoms with Crippen LogP contribution in [0.5, 0.6) is 0 Å². The highest BCUT2D eigenvalue weighted by Gasteiger charge is 2.23. The molecule has 0 amide bonds. The molecular weight excluding hydrogens is 755 g/mol. The molecule has 0 aliphatic carbocycles.